The molecule has 128 valence electrons. The van der Waals surface area contributed by atoms with Gasteiger partial charge in [0.1, 0.15) is 0 Å². The second-order valence-electron chi connectivity index (χ2n) is 5.80. The summed E-state index contributed by atoms with van der Waals surface area (Å²) < 4.78 is 1.63. The number of rotatable bonds is 7. The molecule has 2 heterocycles. The van der Waals surface area contributed by atoms with Crippen LogP contribution in [-0.2, 0) is 4.79 Å². The summed E-state index contributed by atoms with van der Waals surface area (Å²) in [4.78, 5) is 22.5. The highest BCUT2D eigenvalue weighted by atomic mass is 33.1. The topological polar surface area (TPSA) is 77.2 Å². The fourth-order valence-corrected chi connectivity index (χ4v) is 5.78. The van der Waals surface area contributed by atoms with Gasteiger partial charge in [-0.2, -0.15) is 0 Å². The van der Waals surface area contributed by atoms with Crippen molar-refractivity contribution < 1.29 is 9.72 Å². The number of nitrogens with one attached hydrogen (secondary N) is 1. The van der Waals surface area contributed by atoms with Gasteiger partial charge in [-0.3, -0.25) is 25.0 Å². The summed E-state index contributed by atoms with van der Waals surface area (Å²) in [5.41, 5.74) is 3.65. The molecule has 0 radical (unpaired) electrons. The number of unbranched alkanes of at least 4 members (excludes halogenated alkanes) is 1. The zero-order valence-corrected chi connectivity index (χ0v) is 14.8. The van der Waals surface area contributed by atoms with Crippen LogP contribution in [0.5, 0.6) is 0 Å². The normalized spacial score (nSPS) is 17.2. The highest BCUT2D eigenvalue weighted by Gasteiger charge is 2.16. The minimum absolute atomic E-state index is 0.0284. The third kappa shape index (κ3) is 4.24. The lowest BCUT2D eigenvalue weighted by atomic mass is 10.1. The zero-order chi connectivity index (χ0) is 16.9. The number of hydrogen-bond donors (Lipinski definition) is 1. The Hall–Kier alpha value is -1.67. The number of benzene rings is 1. The van der Waals surface area contributed by atoms with Crippen molar-refractivity contribution in [3.63, 3.8) is 0 Å². The molecule has 0 spiro atoms. The van der Waals surface area contributed by atoms with E-state index in [1.807, 2.05) is 21.6 Å². The van der Waals surface area contributed by atoms with E-state index in [1.165, 1.54) is 30.7 Å². The summed E-state index contributed by atoms with van der Waals surface area (Å²) in [5, 5.41) is 12.3. The largest absolute Gasteiger partial charge is 0.273 e. The number of hydrogen-bond acceptors (Lipinski definition) is 5. The summed E-state index contributed by atoms with van der Waals surface area (Å²) >= 11 is 0. The van der Waals surface area contributed by atoms with Crippen LogP contribution in [0.15, 0.2) is 30.5 Å². The number of aromatic nitrogens is 1. The van der Waals surface area contributed by atoms with Gasteiger partial charge in [-0.05, 0) is 31.4 Å². The molecular formula is C16H19N3O3S2. The van der Waals surface area contributed by atoms with Gasteiger partial charge in [0.2, 0.25) is 5.91 Å². The molecule has 1 aromatic carbocycles. The van der Waals surface area contributed by atoms with Gasteiger partial charge in [0.15, 0.2) is 0 Å². The number of fused-ring (bicyclic) bond motifs is 1. The first-order chi connectivity index (χ1) is 11.6. The zero-order valence-electron chi connectivity index (χ0n) is 13.1. The first-order valence-corrected chi connectivity index (χ1v) is 10.4. The Morgan fingerprint density at radius 2 is 2.25 bits per heavy atom. The standard InChI is InChI=1S/C16H19N3O3S2/c20-16(4-2-1-3-14-8-10-23-24-14)17-18-9-7-12-11-13(19(21)22)5-6-15(12)18/h5-7,9,11,14H,1-4,8,10H2,(H,17,20). The highest BCUT2D eigenvalue weighted by Crippen LogP contribution is 2.39. The third-order valence-electron chi connectivity index (χ3n) is 4.04. The van der Waals surface area contributed by atoms with E-state index in [0.29, 0.717) is 6.42 Å². The molecule has 1 aliphatic heterocycles. The molecular weight excluding hydrogens is 346 g/mol. The Balaban J connectivity index is 1.50. The van der Waals surface area contributed by atoms with Gasteiger partial charge in [0, 0.05) is 41.1 Å². The van der Waals surface area contributed by atoms with Crippen LogP contribution in [0.1, 0.15) is 32.1 Å². The fourth-order valence-electron chi connectivity index (χ4n) is 2.75. The van der Waals surface area contributed by atoms with Gasteiger partial charge >= 0.3 is 0 Å². The van der Waals surface area contributed by atoms with E-state index >= 15 is 0 Å². The summed E-state index contributed by atoms with van der Waals surface area (Å²) in [7, 11) is 3.92. The van der Waals surface area contributed by atoms with Gasteiger partial charge < -0.3 is 0 Å². The van der Waals surface area contributed by atoms with E-state index < -0.39 is 4.92 Å². The minimum Gasteiger partial charge on any atom is -0.273 e. The van der Waals surface area contributed by atoms with E-state index in [4.69, 9.17) is 0 Å². The number of carbonyl (C=O) groups is 1. The maximum atomic E-state index is 12.1. The quantitative estimate of drug-likeness (QED) is 0.342. The van der Waals surface area contributed by atoms with Crippen LogP contribution in [0.2, 0.25) is 0 Å². The van der Waals surface area contributed by atoms with E-state index in [2.05, 4.69) is 5.43 Å². The fraction of sp³-hybridized carbons (Fsp3) is 0.438. The molecule has 2 aromatic rings. The number of carbonyl (C=O) groups excluding carboxylic acids is 1. The van der Waals surface area contributed by atoms with Crippen molar-refractivity contribution in [2.45, 2.75) is 37.4 Å². The maximum absolute atomic E-state index is 12.1. The SMILES string of the molecule is O=C(CCCCC1CCSS1)Nn1ccc2cc([N+](=O)[O-])ccc21. The number of non-ortho nitro benzene ring substituents is 1. The molecule has 6 nitrogen and oxygen atoms in total. The van der Waals surface area contributed by atoms with Crippen molar-refractivity contribution in [1.29, 1.82) is 0 Å². The smallest absolute Gasteiger partial charge is 0.270 e. The number of nitrogens with zero attached hydrogens (tertiary/aromatic N) is 2. The molecule has 3 rings (SSSR count). The van der Waals surface area contributed by atoms with Crippen LogP contribution in [0.25, 0.3) is 10.9 Å². The summed E-state index contributed by atoms with van der Waals surface area (Å²) in [5.74, 6) is 1.22. The van der Waals surface area contributed by atoms with E-state index in [9.17, 15) is 14.9 Å². The van der Waals surface area contributed by atoms with Gasteiger partial charge in [-0.1, -0.05) is 28.0 Å². The Morgan fingerprint density at radius 3 is 3.00 bits per heavy atom. The van der Waals surface area contributed by atoms with Crippen LogP contribution in [0.4, 0.5) is 5.69 Å². The van der Waals surface area contributed by atoms with E-state index in [1.54, 1.807) is 23.0 Å². The van der Waals surface area contributed by atoms with Crippen molar-refractivity contribution in [3.8, 4) is 0 Å². The highest BCUT2D eigenvalue weighted by molar-refractivity contribution is 8.77. The van der Waals surface area contributed by atoms with Gasteiger partial charge in [-0.15, -0.1) is 0 Å². The van der Waals surface area contributed by atoms with Gasteiger partial charge in [-0.25, -0.2) is 0 Å². The minimum atomic E-state index is -0.420. The van der Waals surface area contributed by atoms with Crippen molar-refractivity contribution in [2.24, 2.45) is 0 Å². The third-order valence-corrected chi connectivity index (χ3v) is 7.04. The molecule has 1 amide bonds. The lowest BCUT2D eigenvalue weighted by Gasteiger charge is -2.09. The molecule has 8 heteroatoms. The van der Waals surface area contributed by atoms with E-state index in [0.717, 1.165) is 29.0 Å². The molecule has 0 saturated carbocycles. The molecule has 1 fully saturated rings. The van der Waals surface area contributed by atoms with Crippen molar-refractivity contribution in [1.82, 2.24) is 4.68 Å². The number of amides is 1. The Morgan fingerprint density at radius 1 is 1.38 bits per heavy atom. The Kier molecular flexibility index (Phi) is 5.68. The predicted octanol–water partition coefficient (Wildman–Crippen LogP) is 4.33. The molecule has 1 unspecified atom stereocenters. The Bertz CT molecular complexity index is 741. The number of nitro benzene ring substituents is 1. The summed E-state index contributed by atoms with van der Waals surface area (Å²) in [6.07, 6.45) is 6.64. The first kappa shape index (κ1) is 17.2. The second kappa shape index (κ2) is 7.94. The van der Waals surface area contributed by atoms with Crippen LogP contribution >= 0.6 is 21.6 Å². The van der Waals surface area contributed by atoms with Crippen LogP contribution in [-0.4, -0.2) is 26.5 Å². The van der Waals surface area contributed by atoms with Crippen molar-refractivity contribution >= 4 is 44.1 Å². The lowest BCUT2D eigenvalue weighted by molar-refractivity contribution is -0.384. The maximum Gasteiger partial charge on any atom is 0.270 e. The average molecular weight is 365 g/mol. The molecule has 1 aromatic heterocycles. The monoisotopic (exact) mass is 365 g/mol. The molecule has 0 bridgehead atoms. The molecule has 0 aliphatic carbocycles. The molecule has 1 aliphatic rings. The molecule has 24 heavy (non-hydrogen) atoms. The predicted molar refractivity (Wildman–Crippen MR) is 99.9 cm³/mol. The molecule has 1 atom stereocenters. The number of nitro groups is 1. The summed E-state index contributed by atoms with van der Waals surface area (Å²) in [6, 6.07) is 6.37. The van der Waals surface area contributed by atoms with Crippen molar-refractivity contribution in [2.75, 3.05) is 11.2 Å². The van der Waals surface area contributed by atoms with Gasteiger partial charge in [0.05, 0.1) is 10.4 Å². The van der Waals surface area contributed by atoms with Crippen LogP contribution in [0, 0.1) is 10.1 Å². The average Bonchev–Trinajstić information content (AvgIpc) is 3.21. The summed E-state index contributed by atoms with van der Waals surface area (Å²) in [6.45, 7) is 0. The molecule has 1 N–H and O–H groups in total. The second-order valence-corrected chi connectivity index (χ2v) is 8.58. The van der Waals surface area contributed by atoms with Gasteiger partial charge in [0.25, 0.3) is 5.69 Å². The lowest BCUT2D eigenvalue weighted by Crippen LogP contribution is -2.21. The first-order valence-electron chi connectivity index (χ1n) is 7.97. The van der Waals surface area contributed by atoms with Crippen LogP contribution in [0.3, 0.4) is 0 Å². The Labute approximate surface area is 147 Å². The van der Waals surface area contributed by atoms with E-state index in [-0.39, 0.29) is 11.6 Å². The molecule has 1 saturated heterocycles. The van der Waals surface area contributed by atoms with Crippen LogP contribution < -0.4 is 5.43 Å². The van der Waals surface area contributed by atoms with Crippen molar-refractivity contribution in [3.05, 3.63) is 40.6 Å².